The molecule has 0 bridgehead atoms. The van der Waals surface area contributed by atoms with Gasteiger partial charge >= 0.3 is 6.18 Å². The summed E-state index contributed by atoms with van der Waals surface area (Å²) in [5.74, 6) is -0.587. The Morgan fingerprint density at radius 3 is 2.34 bits per heavy atom. The highest BCUT2D eigenvalue weighted by Gasteiger charge is 2.44. The summed E-state index contributed by atoms with van der Waals surface area (Å²) in [6.45, 7) is 2.01. The van der Waals surface area contributed by atoms with E-state index in [2.05, 4.69) is 9.98 Å². The number of hydrogen-bond donors (Lipinski definition) is 2. The van der Waals surface area contributed by atoms with Crippen molar-refractivity contribution < 1.29 is 18.0 Å². The molecule has 1 spiro atoms. The molecule has 8 nitrogen and oxygen atoms in total. The summed E-state index contributed by atoms with van der Waals surface area (Å²) >= 11 is 0. The van der Waals surface area contributed by atoms with E-state index in [9.17, 15) is 18.0 Å². The molecule has 0 atom stereocenters. The van der Waals surface area contributed by atoms with Crippen LogP contribution in [0.2, 0.25) is 0 Å². The number of nitrogens with zero attached hydrogens (tertiary/aromatic N) is 5. The SMILES string of the molecule is CN1CCN(C(=O)c2ccc(N3C(N)=NC(N)=NC34CCCCC4)cc2C(F)(F)F)CC1. The van der Waals surface area contributed by atoms with E-state index in [4.69, 9.17) is 11.5 Å². The second-order valence-corrected chi connectivity index (χ2v) is 8.64. The van der Waals surface area contributed by atoms with Crippen LogP contribution in [-0.2, 0) is 6.18 Å². The average Bonchev–Trinajstić information content (AvgIpc) is 2.73. The zero-order valence-electron chi connectivity index (χ0n) is 18.0. The lowest BCUT2D eigenvalue weighted by Crippen LogP contribution is -2.58. The van der Waals surface area contributed by atoms with Crippen molar-refractivity contribution in [3.63, 3.8) is 0 Å². The molecular weight excluding hydrogens is 423 g/mol. The van der Waals surface area contributed by atoms with Gasteiger partial charge in [-0.25, -0.2) is 4.99 Å². The second-order valence-electron chi connectivity index (χ2n) is 8.64. The molecule has 1 saturated heterocycles. The number of hydrogen-bond acceptors (Lipinski definition) is 7. The van der Waals surface area contributed by atoms with Gasteiger partial charge in [0.25, 0.3) is 5.91 Å². The van der Waals surface area contributed by atoms with Crippen LogP contribution in [-0.4, -0.2) is 66.5 Å². The highest BCUT2D eigenvalue weighted by Crippen LogP contribution is 2.42. The number of amides is 1. The number of benzene rings is 1. The molecule has 32 heavy (non-hydrogen) atoms. The third kappa shape index (κ3) is 4.13. The molecule has 2 heterocycles. The van der Waals surface area contributed by atoms with Gasteiger partial charge in [-0.3, -0.25) is 9.69 Å². The number of piperazine rings is 1. The molecule has 0 unspecified atom stereocenters. The maximum absolute atomic E-state index is 14.1. The smallest absolute Gasteiger partial charge is 0.369 e. The zero-order valence-corrected chi connectivity index (χ0v) is 18.0. The highest BCUT2D eigenvalue weighted by molar-refractivity contribution is 6.06. The van der Waals surface area contributed by atoms with E-state index in [0.29, 0.717) is 39.0 Å². The van der Waals surface area contributed by atoms with E-state index in [0.717, 1.165) is 25.3 Å². The monoisotopic (exact) mass is 451 g/mol. The van der Waals surface area contributed by atoms with Crippen molar-refractivity contribution >= 4 is 23.5 Å². The minimum Gasteiger partial charge on any atom is -0.369 e. The predicted octanol–water partition coefficient (Wildman–Crippen LogP) is 2.20. The maximum atomic E-state index is 14.1. The Morgan fingerprint density at radius 1 is 1.06 bits per heavy atom. The fourth-order valence-corrected chi connectivity index (χ4v) is 4.77. The van der Waals surface area contributed by atoms with Gasteiger partial charge in [0.15, 0.2) is 0 Å². The minimum atomic E-state index is -4.71. The topological polar surface area (TPSA) is 104 Å². The second kappa shape index (κ2) is 8.27. The molecule has 2 fully saturated rings. The van der Waals surface area contributed by atoms with Crippen molar-refractivity contribution in [1.82, 2.24) is 9.80 Å². The van der Waals surface area contributed by atoms with Crippen molar-refractivity contribution in [2.45, 2.75) is 43.9 Å². The summed E-state index contributed by atoms with van der Waals surface area (Å²) in [5, 5.41) is 0. The van der Waals surface area contributed by atoms with Crippen LogP contribution in [0.15, 0.2) is 28.2 Å². The minimum absolute atomic E-state index is 0.00525. The summed E-state index contributed by atoms with van der Waals surface area (Å²) < 4.78 is 42.2. The molecule has 1 aliphatic carbocycles. The Kier molecular flexibility index (Phi) is 5.78. The Hall–Kier alpha value is -2.82. The average molecular weight is 451 g/mol. The van der Waals surface area contributed by atoms with Crippen LogP contribution in [0.1, 0.15) is 48.0 Å². The number of rotatable bonds is 2. The van der Waals surface area contributed by atoms with Gasteiger partial charge in [0, 0.05) is 31.9 Å². The third-order valence-electron chi connectivity index (χ3n) is 6.44. The molecule has 3 aliphatic rings. The Morgan fingerprint density at radius 2 is 1.72 bits per heavy atom. The Labute approximate surface area is 184 Å². The molecule has 11 heteroatoms. The molecule has 4 N–H and O–H groups in total. The van der Waals surface area contributed by atoms with Crippen molar-refractivity contribution in [3.8, 4) is 0 Å². The van der Waals surface area contributed by atoms with E-state index in [1.165, 1.54) is 17.0 Å². The van der Waals surface area contributed by atoms with Gasteiger partial charge < -0.3 is 21.3 Å². The van der Waals surface area contributed by atoms with Gasteiger partial charge in [-0.2, -0.15) is 18.2 Å². The summed E-state index contributed by atoms with van der Waals surface area (Å²) in [7, 11) is 1.92. The molecule has 4 rings (SSSR count). The number of guanidine groups is 2. The van der Waals surface area contributed by atoms with Crippen LogP contribution < -0.4 is 16.4 Å². The first-order chi connectivity index (χ1) is 15.1. The molecule has 1 saturated carbocycles. The van der Waals surface area contributed by atoms with E-state index >= 15 is 0 Å². The first-order valence-electron chi connectivity index (χ1n) is 10.8. The van der Waals surface area contributed by atoms with Gasteiger partial charge in [-0.15, -0.1) is 0 Å². The van der Waals surface area contributed by atoms with Crippen LogP contribution in [0, 0.1) is 0 Å². The van der Waals surface area contributed by atoms with E-state index in [1.807, 2.05) is 11.9 Å². The molecule has 0 radical (unpaired) electrons. The van der Waals surface area contributed by atoms with Gasteiger partial charge in [0.05, 0.1) is 11.1 Å². The lowest BCUT2D eigenvalue weighted by Gasteiger charge is -2.45. The number of carbonyl (C=O) groups is 1. The van der Waals surface area contributed by atoms with Gasteiger partial charge in [0.2, 0.25) is 11.9 Å². The first-order valence-corrected chi connectivity index (χ1v) is 10.8. The number of likely N-dealkylation sites (N-methyl/N-ethyl adjacent to an activating group) is 1. The largest absolute Gasteiger partial charge is 0.417 e. The van der Waals surface area contributed by atoms with Gasteiger partial charge in [0.1, 0.15) is 5.66 Å². The summed E-state index contributed by atoms with van der Waals surface area (Å²) in [6.07, 6.45) is -0.786. The number of halogens is 3. The van der Waals surface area contributed by atoms with Gasteiger partial charge in [-0.05, 0) is 50.9 Å². The van der Waals surface area contributed by atoms with Gasteiger partial charge in [-0.1, -0.05) is 6.42 Å². The lowest BCUT2D eigenvalue weighted by molar-refractivity contribution is -0.138. The van der Waals surface area contributed by atoms with Crippen LogP contribution >= 0.6 is 0 Å². The summed E-state index contributed by atoms with van der Waals surface area (Å²) in [6, 6.07) is 3.72. The Bertz CT molecular complexity index is 945. The third-order valence-corrected chi connectivity index (χ3v) is 6.44. The highest BCUT2D eigenvalue weighted by atomic mass is 19.4. The number of carbonyl (C=O) groups excluding carboxylic acids is 1. The van der Waals surface area contributed by atoms with Crippen LogP contribution in [0.3, 0.4) is 0 Å². The number of anilines is 1. The van der Waals surface area contributed by atoms with Crippen molar-refractivity contribution in [2.75, 3.05) is 38.1 Å². The molecule has 174 valence electrons. The Balaban J connectivity index is 1.74. The molecular formula is C21H28F3N7O. The summed E-state index contributed by atoms with van der Waals surface area (Å²) in [5.41, 5.74) is 9.99. The van der Waals surface area contributed by atoms with Crippen molar-refractivity contribution in [3.05, 3.63) is 29.3 Å². The fraction of sp³-hybridized carbons (Fsp3) is 0.571. The van der Waals surface area contributed by atoms with E-state index < -0.39 is 23.3 Å². The first kappa shape index (κ1) is 22.4. The van der Waals surface area contributed by atoms with E-state index in [-0.39, 0.29) is 23.2 Å². The van der Waals surface area contributed by atoms with Crippen LogP contribution in [0.4, 0.5) is 18.9 Å². The number of nitrogens with two attached hydrogens (primary N) is 2. The van der Waals surface area contributed by atoms with Crippen LogP contribution in [0.5, 0.6) is 0 Å². The maximum Gasteiger partial charge on any atom is 0.417 e. The molecule has 0 aromatic heterocycles. The van der Waals surface area contributed by atoms with Crippen LogP contribution in [0.25, 0.3) is 0 Å². The van der Waals surface area contributed by atoms with Crippen molar-refractivity contribution in [1.29, 1.82) is 0 Å². The molecule has 1 aromatic rings. The standard InChI is InChI=1S/C21H28F3N7O/c1-29-9-11-30(12-10-29)17(32)15-6-5-14(13-16(15)21(22,23)24)31-19(26)27-18(25)28-20(31)7-3-2-4-8-20/h5-6,13H,2-4,7-12H2,1H3,(H4,25,26,27,28). The van der Waals surface area contributed by atoms with E-state index in [1.54, 1.807) is 4.90 Å². The lowest BCUT2D eigenvalue weighted by atomic mass is 9.87. The normalized spacial score (nSPS) is 22.0. The quantitative estimate of drug-likeness (QED) is 0.718. The molecule has 1 amide bonds. The number of aliphatic imine (C=N–C) groups is 2. The fourth-order valence-electron chi connectivity index (χ4n) is 4.77. The summed E-state index contributed by atoms with van der Waals surface area (Å²) in [4.78, 5) is 26.5. The zero-order chi connectivity index (χ0) is 23.1. The molecule has 1 aromatic carbocycles. The molecule has 2 aliphatic heterocycles. The number of alkyl halides is 3. The predicted molar refractivity (Wildman–Crippen MR) is 116 cm³/mol. The van der Waals surface area contributed by atoms with Crippen molar-refractivity contribution in [2.24, 2.45) is 21.5 Å².